The minimum atomic E-state index is -1.46. The van der Waals surface area contributed by atoms with Crippen LogP contribution in [0.1, 0.15) is 29.3 Å². The molecule has 0 aliphatic heterocycles. The molecule has 108 valence electrons. The Morgan fingerprint density at radius 1 is 1.15 bits per heavy atom. The molecule has 0 unspecified atom stereocenters. The van der Waals surface area contributed by atoms with E-state index in [0.717, 1.165) is 6.92 Å². The third kappa shape index (κ3) is 3.23. The second-order valence-corrected chi connectivity index (χ2v) is 3.89. The van der Waals surface area contributed by atoms with E-state index in [2.05, 4.69) is 4.74 Å². The number of hydrogen-bond acceptors (Lipinski definition) is 4. The molecule has 0 bridgehead atoms. The average molecular weight is 288 g/mol. The van der Waals surface area contributed by atoms with Crippen LogP contribution in [0, 0.1) is 24.4 Å². The molecular formula is C13H11F3O4. The van der Waals surface area contributed by atoms with Gasteiger partial charge in [-0.05, 0) is 13.8 Å². The standard InChI is InChI=1S/C13H11F3O4/c1-3-20-10(18)5-9(17)13(19)11-6(2)12(16)8(15)4-7(11)14/h4H,3,5H2,1-2H3. The Balaban J connectivity index is 3.07. The van der Waals surface area contributed by atoms with Crippen LogP contribution in [0.5, 0.6) is 0 Å². The first-order valence-electron chi connectivity index (χ1n) is 5.66. The lowest BCUT2D eigenvalue weighted by molar-refractivity contribution is -0.144. The lowest BCUT2D eigenvalue weighted by atomic mass is 9.99. The first kappa shape index (κ1) is 15.9. The molecule has 0 N–H and O–H groups in total. The highest BCUT2D eigenvalue weighted by molar-refractivity contribution is 6.46. The van der Waals surface area contributed by atoms with Crippen LogP contribution < -0.4 is 0 Å². The number of carbonyl (C=O) groups is 3. The van der Waals surface area contributed by atoms with Crippen molar-refractivity contribution in [2.45, 2.75) is 20.3 Å². The molecule has 20 heavy (non-hydrogen) atoms. The maximum absolute atomic E-state index is 13.5. The van der Waals surface area contributed by atoms with Crippen molar-refractivity contribution in [1.29, 1.82) is 0 Å². The van der Waals surface area contributed by atoms with Crippen LogP contribution in [0.25, 0.3) is 0 Å². The Labute approximate surface area is 112 Å². The van der Waals surface area contributed by atoms with Crippen LogP contribution >= 0.6 is 0 Å². The summed E-state index contributed by atoms with van der Waals surface area (Å²) in [7, 11) is 0. The highest BCUT2D eigenvalue weighted by Gasteiger charge is 2.27. The maximum atomic E-state index is 13.5. The van der Waals surface area contributed by atoms with Gasteiger partial charge < -0.3 is 4.74 Å². The number of hydrogen-bond donors (Lipinski definition) is 0. The van der Waals surface area contributed by atoms with Gasteiger partial charge in [0.15, 0.2) is 11.6 Å². The van der Waals surface area contributed by atoms with Crippen LogP contribution in [0.15, 0.2) is 6.07 Å². The third-order valence-electron chi connectivity index (χ3n) is 2.50. The van der Waals surface area contributed by atoms with Gasteiger partial charge in [0.25, 0.3) is 0 Å². The predicted octanol–water partition coefficient (Wildman–Crippen LogP) is 2.12. The Morgan fingerprint density at radius 2 is 1.75 bits per heavy atom. The van der Waals surface area contributed by atoms with Gasteiger partial charge in [-0.1, -0.05) is 0 Å². The van der Waals surface area contributed by atoms with Crippen LogP contribution in [0.3, 0.4) is 0 Å². The first-order valence-corrected chi connectivity index (χ1v) is 5.66. The first-order chi connectivity index (χ1) is 9.29. The van der Waals surface area contributed by atoms with Gasteiger partial charge in [-0.2, -0.15) is 0 Å². The fourth-order valence-electron chi connectivity index (χ4n) is 1.56. The molecule has 0 saturated heterocycles. The number of carbonyl (C=O) groups excluding carboxylic acids is 3. The molecule has 0 spiro atoms. The Hall–Kier alpha value is -2.18. The molecule has 0 amide bonds. The highest BCUT2D eigenvalue weighted by atomic mass is 19.2. The summed E-state index contributed by atoms with van der Waals surface area (Å²) >= 11 is 0. The molecule has 0 saturated carbocycles. The van der Waals surface area contributed by atoms with E-state index < -0.39 is 52.5 Å². The van der Waals surface area contributed by atoms with Gasteiger partial charge in [-0.25, -0.2) is 13.2 Å². The van der Waals surface area contributed by atoms with E-state index in [1.807, 2.05) is 0 Å². The summed E-state index contributed by atoms with van der Waals surface area (Å²) in [6.45, 7) is 2.48. The predicted molar refractivity (Wildman–Crippen MR) is 61.6 cm³/mol. The van der Waals surface area contributed by atoms with Gasteiger partial charge >= 0.3 is 5.97 Å². The maximum Gasteiger partial charge on any atom is 0.313 e. The van der Waals surface area contributed by atoms with Crippen molar-refractivity contribution in [3.63, 3.8) is 0 Å². The smallest absolute Gasteiger partial charge is 0.313 e. The molecule has 1 rings (SSSR count). The van der Waals surface area contributed by atoms with Crippen molar-refractivity contribution in [1.82, 2.24) is 0 Å². The van der Waals surface area contributed by atoms with Crippen molar-refractivity contribution in [3.8, 4) is 0 Å². The second-order valence-electron chi connectivity index (χ2n) is 3.89. The van der Waals surface area contributed by atoms with E-state index in [1.54, 1.807) is 0 Å². The fraction of sp³-hybridized carbons (Fsp3) is 0.308. The van der Waals surface area contributed by atoms with E-state index in [9.17, 15) is 27.6 Å². The van der Waals surface area contributed by atoms with Crippen molar-refractivity contribution in [2.24, 2.45) is 0 Å². The molecular weight excluding hydrogens is 277 g/mol. The summed E-state index contributed by atoms with van der Waals surface area (Å²) in [4.78, 5) is 34.3. The summed E-state index contributed by atoms with van der Waals surface area (Å²) in [6.07, 6.45) is -0.884. The van der Waals surface area contributed by atoms with Gasteiger partial charge in [-0.15, -0.1) is 0 Å². The number of halogens is 3. The normalized spacial score (nSPS) is 10.2. The summed E-state index contributed by atoms with van der Waals surface area (Å²) < 4.78 is 44.1. The van der Waals surface area contributed by atoms with E-state index in [4.69, 9.17) is 0 Å². The summed E-state index contributed by atoms with van der Waals surface area (Å²) in [5, 5.41) is 0. The molecule has 0 aliphatic rings. The number of ether oxygens (including phenoxy) is 1. The number of rotatable bonds is 5. The zero-order chi connectivity index (χ0) is 15.4. The molecule has 0 fully saturated rings. The molecule has 0 aromatic heterocycles. The Morgan fingerprint density at radius 3 is 2.30 bits per heavy atom. The van der Waals surface area contributed by atoms with E-state index in [0.29, 0.717) is 0 Å². The lowest BCUT2D eigenvalue weighted by Crippen LogP contribution is -2.22. The van der Waals surface area contributed by atoms with Crippen LogP contribution in [0.2, 0.25) is 0 Å². The summed E-state index contributed by atoms with van der Waals surface area (Å²) in [6, 6.07) is 0.174. The lowest BCUT2D eigenvalue weighted by Gasteiger charge is -2.07. The molecule has 1 aromatic carbocycles. The third-order valence-corrected chi connectivity index (χ3v) is 2.50. The number of benzene rings is 1. The number of ketones is 2. The Bertz CT molecular complexity index is 581. The average Bonchev–Trinajstić information content (AvgIpc) is 2.36. The fourth-order valence-corrected chi connectivity index (χ4v) is 1.56. The topological polar surface area (TPSA) is 60.4 Å². The summed E-state index contributed by atoms with van der Waals surface area (Å²) in [5.74, 6) is -7.84. The zero-order valence-corrected chi connectivity index (χ0v) is 10.8. The zero-order valence-electron chi connectivity index (χ0n) is 10.8. The van der Waals surface area contributed by atoms with Gasteiger partial charge in [-0.3, -0.25) is 14.4 Å². The van der Waals surface area contributed by atoms with Crippen LogP contribution in [0.4, 0.5) is 13.2 Å². The van der Waals surface area contributed by atoms with Crippen LogP contribution in [-0.2, 0) is 14.3 Å². The second kappa shape index (κ2) is 6.31. The highest BCUT2D eigenvalue weighted by Crippen LogP contribution is 2.21. The quantitative estimate of drug-likeness (QED) is 0.274. The molecule has 7 heteroatoms. The van der Waals surface area contributed by atoms with E-state index in [-0.39, 0.29) is 12.7 Å². The number of esters is 1. The minimum Gasteiger partial charge on any atom is -0.466 e. The minimum absolute atomic E-state index is 0.0128. The largest absolute Gasteiger partial charge is 0.466 e. The molecule has 1 aromatic rings. The van der Waals surface area contributed by atoms with Crippen LogP contribution in [-0.4, -0.2) is 24.1 Å². The van der Waals surface area contributed by atoms with Crippen molar-refractivity contribution >= 4 is 17.5 Å². The van der Waals surface area contributed by atoms with Gasteiger partial charge in [0.1, 0.15) is 12.2 Å². The van der Waals surface area contributed by atoms with Crippen molar-refractivity contribution < 1.29 is 32.3 Å². The van der Waals surface area contributed by atoms with Gasteiger partial charge in [0.05, 0.1) is 12.2 Å². The molecule has 0 radical (unpaired) electrons. The van der Waals surface area contributed by atoms with Crippen molar-refractivity contribution in [2.75, 3.05) is 6.61 Å². The monoisotopic (exact) mass is 288 g/mol. The molecule has 4 nitrogen and oxygen atoms in total. The van der Waals surface area contributed by atoms with E-state index >= 15 is 0 Å². The molecule has 0 atom stereocenters. The number of Topliss-reactive ketones (excluding diaryl/α,β-unsaturated/α-hetero) is 2. The van der Waals surface area contributed by atoms with Gasteiger partial charge in [0, 0.05) is 11.6 Å². The SMILES string of the molecule is CCOC(=O)CC(=O)C(=O)c1c(F)cc(F)c(F)c1C. The Kier molecular flexibility index (Phi) is 5.01. The summed E-state index contributed by atoms with van der Waals surface area (Å²) in [5.41, 5.74) is -1.50. The van der Waals surface area contributed by atoms with E-state index in [1.165, 1.54) is 6.92 Å². The molecule has 0 aliphatic carbocycles. The van der Waals surface area contributed by atoms with Crippen molar-refractivity contribution in [3.05, 3.63) is 34.6 Å². The molecule has 0 heterocycles. The van der Waals surface area contributed by atoms with Gasteiger partial charge in [0.2, 0.25) is 11.6 Å².